The van der Waals surface area contributed by atoms with E-state index in [4.69, 9.17) is 0 Å². The third kappa shape index (κ3) is 5.12. The van der Waals surface area contributed by atoms with Crippen molar-refractivity contribution in [2.45, 2.75) is 46.0 Å². The number of benzene rings is 4. The van der Waals surface area contributed by atoms with Crippen LogP contribution in [-0.4, -0.2) is 20.4 Å². The zero-order chi connectivity index (χ0) is 25.3. The molecule has 4 aromatic carbocycles. The molecule has 0 radical (unpaired) electrons. The molecular formula is C31H32O4. The van der Waals surface area contributed by atoms with Gasteiger partial charge in [-0.1, -0.05) is 62.4 Å². The van der Waals surface area contributed by atoms with E-state index in [2.05, 4.69) is 26.0 Å². The number of hydrogen-bond acceptors (Lipinski definition) is 4. The lowest BCUT2D eigenvalue weighted by molar-refractivity contribution is 0.463. The van der Waals surface area contributed by atoms with Crippen molar-refractivity contribution in [1.82, 2.24) is 0 Å². The number of aryl methyl sites for hydroxylation is 2. The summed E-state index contributed by atoms with van der Waals surface area (Å²) < 4.78 is 0. The third-order valence-corrected chi connectivity index (χ3v) is 6.86. The van der Waals surface area contributed by atoms with Crippen molar-refractivity contribution in [2.24, 2.45) is 0 Å². The maximum absolute atomic E-state index is 10.8. The number of phenols is 4. The normalized spacial score (nSPS) is 11.5. The molecule has 4 rings (SSSR count). The number of rotatable bonds is 6. The van der Waals surface area contributed by atoms with E-state index in [0.717, 1.165) is 44.5 Å². The maximum atomic E-state index is 10.8. The van der Waals surface area contributed by atoms with Gasteiger partial charge in [0.15, 0.2) is 0 Å². The summed E-state index contributed by atoms with van der Waals surface area (Å²) in [7, 11) is 0. The Morgan fingerprint density at radius 3 is 1.23 bits per heavy atom. The van der Waals surface area contributed by atoms with Crippen LogP contribution in [0.5, 0.6) is 23.0 Å². The zero-order valence-electron chi connectivity index (χ0n) is 20.6. The molecule has 35 heavy (non-hydrogen) atoms. The smallest absolute Gasteiger partial charge is 0.122 e. The lowest BCUT2D eigenvalue weighted by atomic mass is 9.75. The Morgan fingerprint density at radius 1 is 0.543 bits per heavy atom. The summed E-state index contributed by atoms with van der Waals surface area (Å²) in [4.78, 5) is 0. The molecule has 0 spiro atoms. The minimum atomic E-state index is -0.385. The van der Waals surface area contributed by atoms with Gasteiger partial charge in [-0.3, -0.25) is 0 Å². The van der Waals surface area contributed by atoms with Gasteiger partial charge in [-0.2, -0.15) is 0 Å². The molecule has 4 nitrogen and oxygen atoms in total. The van der Waals surface area contributed by atoms with Crippen LogP contribution in [0.4, 0.5) is 0 Å². The van der Waals surface area contributed by atoms with Gasteiger partial charge >= 0.3 is 0 Å². The van der Waals surface area contributed by atoms with E-state index in [0.29, 0.717) is 12.8 Å². The van der Waals surface area contributed by atoms with Crippen molar-refractivity contribution in [3.8, 4) is 23.0 Å². The van der Waals surface area contributed by atoms with Crippen molar-refractivity contribution < 1.29 is 20.4 Å². The van der Waals surface area contributed by atoms with Crippen LogP contribution >= 0.6 is 0 Å². The van der Waals surface area contributed by atoms with E-state index in [9.17, 15) is 20.4 Å². The third-order valence-electron chi connectivity index (χ3n) is 6.86. The van der Waals surface area contributed by atoms with Gasteiger partial charge < -0.3 is 20.4 Å². The average molecular weight is 469 g/mol. The average Bonchev–Trinajstić information content (AvgIpc) is 2.82. The second-order valence-electron chi connectivity index (χ2n) is 9.91. The summed E-state index contributed by atoms with van der Waals surface area (Å²) in [6.45, 7) is 8.12. The van der Waals surface area contributed by atoms with Gasteiger partial charge in [0.05, 0.1) is 0 Å². The highest BCUT2D eigenvalue weighted by atomic mass is 16.3. The highest BCUT2D eigenvalue weighted by molar-refractivity contribution is 5.53. The fraction of sp³-hybridized carbons (Fsp3) is 0.226. The molecule has 0 aromatic heterocycles. The van der Waals surface area contributed by atoms with E-state index in [1.54, 1.807) is 24.3 Å². The monoisotopic (exact) mass is 468 g/mol. The Bertz CT molecular complexity index is 1250. The molecule has 180 valence electrons. The Balaban J connectivity index is 1.73. The molecule has 0 aliphatic carbocycles. The van der Waals surface area contributed by atoms with Crippen LogP contribution in [0.3, 0.4) is 0 Å². The van der Waals surface area contributed by atoms with Crippen molar-refractivity contribution in [1.29, 1.82) is 0 Å². The van der Waals surface area contributed by atoms with Gasteiger partial charge in [-0.25, -0.2) is 0 Å². The molecule has 0 heterocycles. The predicted molar refractivity (Wildman–Crippen MR) is 140 cm³/mol. The minimum absolute atomic E-state index is 0.217. The summed E-state index contributed by atoms with van der Waals surface area (Å²) in [5, 5.41) is 40.7. The first-order chi connectivity index (χ1) is 16.5. The SMILES string of the molecule is Cc1cc(C(C)(C)c2cc(C)c(O)c(Cc3ccc(O)cc3)c2)cc(Cc2ccc(O)cc2)c1O. The topological polar surface area (TPSA) is 80.9 Å². The molecule has 0 aliphatic rings. The van der Waals surface area contributed by atoms with Gasteiger partial charge in [0.2, 0.25) is 0 Å². The van der Waals surface area contributed by atoms with Gasteiger partial charge in [-0.05, 0) is 82.6 Å². The second kappa shape index (κ2) is 9.38. The minimum Gasteiger partial charge on any atom is -0.508 e. The van der Waals surface area contributed by atoms with Crippen LogP contribution in [0.15, 0.2) is 72.8 Å². The van der Waals surface area contributed by atoms with Crippen LogP contribution in [0.2, 0.25) is 0 Å². The molecule has 0 bridgehead atoms. The first-order valence-electron chi connectivity index (χ1n) is 11.8. The maximum Gasteiger partial charge on any atom is 0.122 e. The fourth-order valence-corrected chi connectivity index (χ4v) is 4.53. The molecule has 0 amide bonds. The van der Waals surface area contributed by atoms with Crippen LogP contribution < -0.4 is 0 Å². The van der Waals surface area contributed by atoms with E-state index in [1.807, 2.05) is 50.2 Å². The van der Waals surface area contributed by atoms with E-state index < -0.39 is 0 Å². The lowest BCUT2D eigenvalue weighted by Gasteiger charge is -2.29. The number of hydrogen-bond donors (Lipinski definition) is 4. The van der Waals surface area contributed by atoms with Gasteiger partial charge in [0.1, 0.15) is 23.0 Å². The highest BCUT2D eigenvalue weighted by Gasteiger charge is 2.27. The van der Waals surface area contributed by atoms with Crippen molar-refractivity contribution in [2.75, 3.05) is 0 Å². The summed E-state index contributed by atoms with van der Waals surface area (Å²) in [6.07, 6.45) is 1.11. The van der Waals surface area contributed by atoms with Crippen molar-refractivity contribution >= 4 is 0 Å². The first kappa shape index (κ1) is 24.2. The summed E-state index contributed by atoms with van der Waals surface area (Å²) in [5.41, 5.74) is 7.05. The van der Waals surface area contributed by atoms with Gasteiger partial charge in [0.25, 0.3) is 0 Å². The largest absolute Gasteiger partial charge is 0.508 e. The lowest BCUT2D eigenvalue weighted by Crippen LogP contribution is -2.20. The summed E-state index contributed by atoms with van der Waals surface area (Å²) in [6, 6.07) is 22.2. The van der Waals surface area contributed by atoms with Crippen LogP contribution in [0.1, 0.15) is 58.4 Å². The Labute approximate surface area is 206 Å². The first-order valence-corrected chi connectivity index (χ1v) is 11.8. The van der Waals surface area contributed by atoms with Crippen LogP contribution in [-0.2, 0) is 18.3 Å². The Morgan fingerprint density at radius 2 is 0.886 bits per heavy atom. The summed E-state index contributed by atoms with van der Waals surface area (Å²) in [5.74, 6) is 1.00. The Kier molecular flexibility index (Phi) is 6.49. The molecule has 4 aromatic rings. The molecule has 0 unspecified atom stereocenters. The molecule has 4 N–H and O–H groups in total. The number of phenolic OH excluding ortho intramolecular Hbond substituents is 4. The van der Waals surface area contributed by atoms with E-state index in [-0.39, 0.29) is 28.4 Å². The van der Waals surface area contributed by atoms with Crippen molar-refractivity contribution in [3.05, 3.63) is 117 Å². The van der Waals surface area contributed by atoms with Crippen molar-refractivity contribution in [3.63, 3.8) is 0 Å². The molecule has 0 aliphatic heterocycles. The highest BCUT2D eigenvalue weighted by Crippen LogP contribution is 2.39. The van der Waals surface area contributed by atoms with Crippen LogP contribution in [0, 0.1) is 13.8 Å². The summed E-state index contributed by atoms with van der Waals surface area (Å²) >= 11 is 0. The van der Waals surface area contributed by atoms with E-state index in [1.165, 1.54) is 0 Å². The quantitative estimate of drug-likeness (QED) is 0.256. The van der Waals surface area contributed by atoms with Gasteiger partial charge in [0, 0.05) is 18.3 Å². The second-order valence-corrected chi connectivity index (χ2v) is 9.91. The number of aromatic hydroxyl groups is 4. The Hall–Kier alpha value is -3.92. The standard InChI is InChI=1S/C31H32O4/c1-19-13-25(17-23(29(19)34)15-21-5-9-27(32)10-6-21)31(3,4)26-14-20(2)30(35)24(18-26)16-22-7-11-28(33)12-8-22/h5-14,17-18,32-35H,15-16H2,1-4H3. The fourth-order valence-electron chi connectivity index (χ4n) is 4.53. The molecule has 0 saturated heterocycles. The molecule has 0 atom stereocenters. The molecule has 0 saturated carbocycles. The van der Waals surface area contributed by atoms with Crippen LogP contribution in [0.25, 0.3) is 0 Å². The molecule has 4 heteroatoms. The van der Waals surface area contributed by atoms with E-state index >= 15 is 0 Å². The zero-order valence-corrected chi connectivity index (χ0v) is 20.6. The molecule has 0 fully saturated rings. The molecular weight excluding hydrogens is 436 g/mol. The van der Waals surface area contributed by atoms with Gasteiger partial charge in [-0.15, -0.1) is 0 Å². The predicted octanol–water partition coefficient (Wildman–Crippen LogP) is 6.63.